The van der Waals surface area contributed by atoms with Gasteiger partial charge in [-0.1, -0.05) is 18.2 Å². The van der Waals surface area contributed by atoms with Crippen molar-refractivity contribution in [2.75, 3.05) is 11.9 Å². The number of para-hydroxylation sites is 1. The molecule has 4 rings (SSSR count). The van der Waals surface area contributed by atoms with Crippen molar-refractivity contribution in [3.63, 3.8) is 0 Å². The zero-order valence-corrected chi connectivity index (χ0v) is 16.1. The smallest absolute Gasteiger partial charge is 0.311 e. The monoisotopic (exact) mass is 402 g/mol. The molecule has 1 aromatic heterocycles. The Morgan fingerprint density at radius 1 is 1.00 bits per heavy atom. The van der Waals surface area contributed by atoms with Gasteiger partial charge in [-0.3, -0.25) is 10.1 Å². The molecule has 150 valence electrons. The average Bonchev–Trinajstić information content (AvgIpc) is 2.76. The fourth-order valence-electron chi connectivity index (χ4n) is 2.95. The number of aromatic nitrogens is 2. The van der Waals surface area contributed by atoms with Crippen molar-refractivity contribution in [3.8, 4) is 17.2 Å². The Hall–Kier alpha value is -4.20. The lowest BCUT2D eigenvalue weighted by molar-refractivity contribution is -0.385. The number of hydrogen-bond donors (Lipinski definition) is 1. The number of fused-ring (bicyclic) bond motifs is 1. The van der Waals surface area contributed by atoms with Crippen molar-refractivity contribution in [1.82, 2.24) is 9.97 Å². The van der Waals surface area contributed by atoms with E-state index < -0.39 is 4.92 Å². The van der Waals surface area contributed by atoms with Crippen LogP contribution in [0.2, 0.25) is 0 Å². The van der Waals surface area contributed by atoms with Gasteiger partial charge in [0.2, 0.25) is 0 Å². The van der Waals surface area contributed by atoms with Crippen molar-refractivity contribution in [2.45, 2.75) is 6.92 Å². The average molecular weight is 402 g/mol. The van der Waals surface area contributed by atoms with Gasteiger partial charge in [-0.25, -0.2) is 9.97 Å². The number of anilines is 2. The van der Waals surface area contributed by atoms with Gasteiger partial charge in [0.25, 0.3) is 0 Å². The van der Waals surface area contributed by atoms with Gasteiger partial charge >= 0.3 is 5.69 Å². The van der Waals surface area contributed by atoms with Crippen LogP contribution in [-0.4, -0.2) is 21.5 Å². The molecule has 0 saturated heterocycles. The maximum atomic E-state index is 11.4. The van der Waals surface area contributed by atoms with Crippen molar-refractivity contribution in [3.05, 3.63) is 83.2 Å². The zero-order chi connectivity index (χ0) is 20.9. The molecule has 1 N–H and O–H groups in total. The quantitative estimate of drug-likeness (QED) is 0.323. The molecule has 8 heteroatoms. The van der Waals surface area contributed by atoms with E-state index in [2.05, 4.69) is 15.3 Å². The molecule has 0 amide bonds. The summed E-state index contributed by atoms with van der Waals surface area (Å²) in [6, 6.07) is 19.8. The number of nitro groups is 1. The first-order valence-electron chi connectivity index (χ1n) is 9.30. The standard InChI is InChI=1S/C22H18N4O4/c1-2-29-21-13-19-18(12-20(21)26(27)28)22(24-14-23-19)25-15-8-10-17(11-9-15)30-16-6-4-3-5-7-16/h3-14H,2H2,1H3,(H,23,24,25). The molecular formula is C22H18N4O4. The summed E-state index contributed by atoms with van der Waals surface area (Å²) in [5.41, 5.74) is 1.17. The predicted molar refractivity (Wildman–Crippen MR) is 114 cm³/mol. The molecule has 3 aromatic carbocycles. The Morgan fingerprint density at radius 2 is 1.73 bits per heavy atom. The van der Waals surface area contributed by atoms with Crippen molar-refractivity contribution < 1.29 is 14.4 Å². The first kappa shape index (κ1) is 19.1. The predicted octanol–water partition coefficient (Wildman–Crippen LogP) is 5.47. The highest BCUT2D eigenvalue weighted by molar-refractivity contribution is 5.93. The van der Waals surface area contributed by atoms with E-state index in [0.717, 1.165) is 11.4 Å². The second-order valence-electron chi connectivity index (χ2n) is 6.31. The van der Waals surface area contributed by atoms with Crippen LogP contribution in [0.25, 0.3) is 10.9 Å². The molecule has 0 fully saturated rings. The van der Waals surface area contributed by atoms with Crippen LogP contribution >= 0.6 is 0 Å². The third kappa shape index (κ3) is 4.12. The molecule has 0 unspecified atom stereocenters. The summed E-state index contributed by atoms with van der Waals surface area (Å²) < 4.78 is 11.2. The molecular weight excluding hydrogens is 384 g/mol. The van der Waals surface area contributed by atoms with Crippen LogP contribution in [0.15, 0.2) is 73.1 Å². The Morgan fingerprint density at radius 3 is 2.43 bits per heavy atom. The third-order valence-electron chi connectivity index (χ3n) is 4.31. The second-order valence-corrected chi connectivity index (χ2v) is 6.31. The fourth-order valence-corrected chi connectivity index (χ4v) is 2.95. The van der Waals surface area contributed by atoms with Gasteiger partial charge in [0.15, 0.2) is 5.75 Å². The van der Waals surface area contributed by atoms with Gasteiger partial charge in [0.1, 0.15) is 23.6 Å². The number of hydrogen-bond acceptors (Lipinski definition) is 7. The summed E-state index contributed by atoms with van der Waals surface area (Å²) in [5, 5.41) is 15.2. The number of nitro benzene ring substituents is 1. The van der Waals surface area contributed by atoms with Crippen LogP contribution in [0.1, 0.15) is 6.92 Å². The van der Waals surface area contributed by atoms with E-state index in [-0.39, 0.29) is 11.4 Å². The Kier molecular flexibility index (Phi) is 5.38. The van der Waals surface area contributed by atoms with Gasteiger partial charge < -0.3 is 14.8 Å². The minimum atomic E-state index is -0.475. The van der Waals surface area contributed by atoms with Crippen LogP contribution in [0.3, 0.4) is 0 Å². The molecule has 4 aromatic rings. The summed E-state index contributed by atoms with van der Waals surface area (Å²) in [6.07, 6.45) is 1.40. The van der Waals surface area contributed by atoms with Crippen molar-refractivity contribution >= 4 is 28.1 Å². The highest BCUT2D eigenvalue weighted by Crippen LogP contribution is 2.34. The van der Waals surface area contributed by atoms with Crippen molar-refractivity contribution in [1.29, 1.82) is 0 Å². The van der Waals surface area contributed by atoms with E-state index in [0.29, 0.717) is 29.1 Å². The molecule has 0 radical (unpaired) electrons. The van der Waals surface area contributed by atoms with Crippen molar-refractivity contribution in [2.24, 2.45) is 0 Å². The maximum Gasteiger partial charge on any atom is 0.311 e. The van der Waals surface area contributed by atoms with Gasteiger partial charge in [0.05, 0.1) is 22.4 Å². The number of nitrogens with one attached hydrogen (secondary N) is 1. The molecule has 30 heavy (non-hydrogen) atoms. The number of ether oxygens (including phenoxy) is 2. The summed E-state index contributed by atoms with van der Waals surface area (Å²) in [7, 11) is 0. The molecule has 0 bridgehead atoms. The van der Waals surface area contributed by atoms with E-state index >= 15 is 0 Å². The van der Waals surface area contributed by atoms with Gasteiger partial charge in [0, 0.05) is 17.8 Å². The highest BCUT2D eigenvalue weighted by Gasteiger charge is 2.19. The van der Waals surface area contributed by atoms with Gasteiger partial charge in [-0.2, -0.15) is 0 Å². The van der Waals surface area contributed by atoms with E-state index in [1.807, 2.05) is 54.6 Å². The molecule has 0 saturated carbocycles. The third-order valence-corrected chi connectivity index (χ3v) is 4.31. The van der Waals surface area contributed by atoms with Gasteiger partial charge in [-0.15, -0.1) is 0 Å². The van der Waals surface area contributed by atoms with Crippen LogP contribution < -0.4 is 14.8 Å². The van der Waals surface area contributed by atoms with Crippen LogP contribution in [0.5, 0.6) is 17.2 Å². The SMILES string of the molecule is CCOc1cc2ncnc(Nc3ccc(Oc4ccccc4)cc3)c2cc1[N+](=O)[O-]. The molecule has 0 aliphatic rings. The number of rotatable bonds is 7. The molecule has 0 aliphatic heterocycles. The normalized spacial score (nSPS) is 10.6. The lowest BCUT2D eigenvalue weighted by Crippen LogP contribution is -2.00. The lowest BCUT2D eigenvalue weighted by Gasteiger charge is -2.11. The molecule has 1 heterocycles. The zero-order valence-electron chi connectivity index (χ0n) is 16.1. The molecule has 8 nitrogen and oxygen atoms in total. The maximum absolute atomic E-state index is 11.4. The van der Waals surface area contributed by atoms with Crippen LogP contribution in [0.4, 0.5) is 17.2 Å². The van der Waals surface area contributed by atoms with E-state index in [9.17, 15) is 10.1 Å². The van der Waals surface area contributed by atoms with E-state index in [4.69, 9.17) is 9.47 Å². The van der Waals surface area contributed by atoms with Crippen LogP contribution in [-0.2, 0) is 0 Å². The highest BCUT2D eigenvalue weighted by atomic mass is 16.6. The van der Waals surface area contributed by atoms with E-state index in [1.54, 1.807) is 13.0 Å². The summed E-state index contributed by atoms with van der Waals surface area (Å²) in [6.45, 7) is 2.09. The Labute approximate surface area is 172 Å². The Balaban J connectivity index is 1.62. The molecule has 0 atom stereocenters. The lowest BCUT2D eigenvalue weighted by atomic mass is 10.2. The van der Waals surface area contributed by atoms with E-state index in [1.165, 1.54) is 12.4 Å². The topological polar surface area (TPSA) is 99.4 Å². The number of benzene rings is 3. The number of nitrogens with zero attached hydrogens (tertiary/aromatic N) is 3. The summed E-state index contributed by atoms with van der Waals surface area (Å²) >= 11 is 0. The first-order chi connectivity index (χ1) is 14.6. The minimum Gasteiger partial charge on any atom is -0.487 e. The molecule has 0 aliphatic carbocycles. The summed E-state index contributed by atoms with van der Waals surface area (Å²) in [5.74, 6) is 2.08. The Bertz CT molecular complexity index is 1180. The van der Waals surface area contributed by atoms with Crippen LogP contribution in [0, 0.1) is 10.1 Å². The van der Waals surface area contributed by atoms with Gasteiger partial charge in [-0.05, 0) is 43.3 Å². The fraction of sp³-hybridized carbons (Fsp3) is 0.0909. The molecule has 0 spiro atoms. The first-order valence-corrected chi connectivity index (χ1v) is 9.30. The largest absolute Gasteiger partial charge is 0.487 e. The second kappa shape index (κ2) is 8.44. The minimum absolute atomic E-state index is 0.131. The summed E-state index contributed by atoms with van der Waals surface area (Å²) in [4.78, 5) is 19.4.